The van der Waals surface area contributed by atoms with Crippen LogP contribution in [0.5, 0.6) is 0 Å². The van der Waals surface area contributed by atoms with E-state index in [1.165, 1.54) is 12.3 Å². The average Bonchev–Trinajstić information content (AvgIpc) is 2.69. The van der Waals surface area contributed by atoms with E-state index in [-0.39, 0.29) is 5.82 Å². The number of pyridine rings is 2. The molecule has 3 aromatic heterocycles. The first-order valence-corrected chi connectivity index (χ1v) is 5.93. The SMILES string of the molecule is Cc1cc(N)cn2c(C)c(-c3ccc(F)cn3)nc12. The molecule has 5 heteroatoms. The number of rotatable bonds is 1. The number of aromatic nitrogens is 3. The molecular formula is C14H13FN4. The van der Waals surface area contributed by atoms with Gasteiger partial charge in [-0.1, -0.05) is 0 Å². The number of hydrogen-bond acceptors (Lipinski definition) is 3. The molecule has 96 valence electrons. The van der Waals surface area contributed by atoms with E-state index >= 15 is 0 Å². The molecular weight excluding hydrogens is 243 g/mol. The fourth-order valence-corrected chi connectivity index (χ4v) is 2.21. The summed E-state index contributed by atoms with van der Waals surface area (Å²) in [6, 6.07) is 4.89. The average molecular weight is 256 g/mol. The summed E-state index contributed by atoms with van der Waals surface area (Å²) in [5.74, 6) is -0.356. The van der Waals surface area contributed by atoms with Crippen LogP contribution in [0.25, 0.3) is 17.0 Å². The van der Waals surface area contributed by atoms with Gasteiger partial charge in [-0.3, -0.25) is 4.98 Å². The van der Waals surface area contributed by atoms with Crippen molar-refractivity contribution in [1.29, 1.82) is 0 Å². The van der Waals surface area contributed by atoms with Crippen molar-refractivity contribution in [3.05, 3.63) is 47.7 Å². The van der Waals surface area contributed by atoms with Crippen LogP contribution < -0.4 is 5.73 Å². The van der Waals surface area contributed by atoms with Crippen LogP contribution in [0.4, 0.5) is 10.1 Å². The summed E-state index contributed by atoms with van der Waals surface area (Å²) in [7, 11) is 0. The minimum atomic E-state index is -0.356. The molecule has 3 rings (SSSR count). The molecule has 0 aliphatic carbocycles. The van der Waals surface area contributed by atoms with Crippen molar-refractivity contribution in [1.82, 2.24) is 14.4 Å². The third-order valence-electron chi connectivity index (χ3n) is 3.13. The van der Waals surface area contributed by atoms with Gasteiger partial charge in [0.25, 0.3) is 0 Å². The topological polar surface area (TPSA) is 56.2 Å². The second kappa shape index (κ2) is 4.05. The Kier molecular flexibility index (Phi) is 2.48. The molecule has 0 radical (unpaired) electrons. The Morgan fingerprint density at radius 2 is 2.05 bits per heavy atom. The summed E-state index contributed by atoms with van der Waals surface area (Å²) in [5, 5.41) is 0. The van der Waals surface area contributed by atoms with Crippen molar-refractivity contribution in [3.63, 3.8) is 0 Å². The molecule has 3 aromatic rings. The molecule has 0 aliphatic heterocycles. The van der Waals surface area contributed by atoms with Gasteiger partial charge in [0, 0.05) is 17.6 Å². The first-order chi connectivity index (χ1) is 9.06. The van der Waals surface area contributed by atoms with Gasteiger partial charge < -0.3 is 10.1 Å². The summed E-state index contributed by atoms with van der Waals surface area (Å²) < 4.78 is 14.9. The van der Waals surface area contributed by atoms with Gasteiger partial charge in [0.15, 0.2) is 0 Å². The Balaban J connectivity index is 2.28. The number of anilines is 1. The Bertz CT molecular complexity index is 759. The standard InChI is InChI=1S/C14H13FN4/c1-8-5-11(16)7-19-9(2)13(18-14(8)19)12-4-3-10(15)6-17-12/h3-7H,16H2,1-2H3. The summed E-state index contributed by atoms with van der Waals surface area (Å²) in [4.78, 5) is 8.65. The van der Waals surface area contributed by atoms with E-state index in [2.05, 4.69) is 9.97 Å². The molecule has 0 fully saturated rings. The first kappa shape index (κ1) is 11.6. The smallest absolute Gasteiger partial charge is 0.141 e. The van der Waals surface area contributed by atoms with Crippen molar-refractivity contribution >= 4 is 11.3 Å². The molecule has 4 nitrogen and oxygen atoms in total. The normalized spacial score (nSPS) is 11.1. The lowest BCUT2D eigenvalue weighted by atomic mass is 10.2. The molecule has 0 atom stereocenters. The van der Waals surface area contributed by atoms with E-state index in [1.54, 1.807) is 6.07 Å². The van der Waals surface area contributed by atoms with Crippen molar-refractivity contribution in [2.24, 2.45) is 0 Å². The van der Waals surface area contributed by atoms with E-state index in [0.29, 0.717) is 11.4 Å². The Labute approximate surface area is 109 Å². The molecule has 3 heterocycles. The van der Waals surface area contributed by atoms with Gasteiger partial charge in [0.2, 0.25) is 0 Å². The van der Waals surface area contributed by atoms with Crippen LogP contribution in [0.1, 0.15) is 11.3 Å². The highest BCUT2D eigenvalue weighted by Gasteiger charge is 2.13. The largest absolute Gasteiger partial charge is 0.398 e. The van der Waals surface area contributed by atoms with Crippen molar-refractivity contribution < 1.29 is 4.39 Å². The van der Waals surface area contributed by atoms with Gasteiger partial charge >= 0.3 is 0 Å². The van der Waals surface area contributed by atoms with Crippen LogP contribution in [-0.4, -0.2) is 14.4 Å². The maximum atomic E-state index is 12.9. The zero-order chi connectivity index (χ0) is 13.6. The number of hydrogen-bond donors (Lipinski definition) is 1. The van der Waals surface area contributed by atoms with Crippen molar-refractivity contribution in [3.8, 4) is 11.4 Å². The Morgan fingerprint density at radius 3 is 2.74 bits per heavy atom. The third-order valence-corrected chi connectivity index (χ3v) is 3.13. The molecule has 0 amide bonds. The van der Waals surface area contributed by atoms with Gasteiger partial charge in [-0.15, -0.1) is 0 Å². The molecule has 2 N–H and O–H groups in total. The van der Waals surface area contributed by atoms with Crippen LogP contribution in [-0.2, 0) is 0 Å². The number of fused-ring (bicyclic) bond motifs is 1. The first-order valence-electron chi connectivity index (χ1n) is 5.93. The number of nitrogens with zero attached hydrogens (tertiary/aromatic N) is 3. The second-order valence-corrected chi connectivity index (χ2v) is 4.56. The molecule has 0 saturated carbocycles. The van der Waals surface area contributed by atoms with Crippen LogP contribution >= 0.6 is 0 Å². The van der Waals surface area contributed by atoms with Gasteiger partial charge in [0.1, 0.15) is 17.2 Å². The molecule has 0 saturated heterocycles. The lowest BCUT2D eigenvalue weighted by Crippen LogP contribution is -1.94. The molecule has 0 aliphatic rings. The van der Waals surface area contributed by atoms with Crippen molar-refractivity contribution in [2.75, 3.05) is 5.73 Å². The lowest BCUT2D eigenvalue weighted by molar-refractivity contribution is 0.622. The number of nitrogens with two attached hydrogens (primary N) is 1. The van der Waals surface area contributed by atoms with Crippen molar-refractivity contribution in [2.45, 2.75) is 13.8 Å². The van der Waals surface area contributed by atoms with E-state index in [9.17, 15) is 4.39 Å². The number of aryl methyl sites for hydroxylation is 2. The monoisotopic (exact) mass is 256 g/mol. The van der Waals surface area contributed by atoms with E-state index in [1.807, 2.05) is 30.5 Å². The molecule has 0 unspecified atom stereocenters. The van der Waals surface area contributed by atoms with Crippen LogP contribution in [0.3, 0.4) is 0 Å². The zero-order valence-electron chi connectivity index (χ0n) is 10.7. The van der Waals surface area contributed by atoms with Gasteiger partial charge in [-0.25, -0.2) is 9.37 Å². The van der Waals surface area contributed by atoms with Gasteiger partial charge in [0.05, 0.1) is 11.9 Å². The second-order valence-electron chi connectivity index (χ2n) is 4.56. The quantitative estimate of drug-likeness (QED) is 0.728. The molecule has 0 spiro atoms. The zero-order valence-corrected chi connectivity index (χ0v) is 10.7. The van der Waals surface area contributed by atoms with Crippen LogP contribution in [0.15, 0.2) is 30.6 Å². The van der Waals surface area contributed by atoms with Gasteiger partial charge in [-0.05, 0) is 37.6 Å². The number of halogens is 1. The minimum absolute atomic E-state index is 0.356. The fraction of sp³-hybridized carbons (Fsp3) is 0.143. The lowest BCUT2D eigenvalue weighted by Gasteiger charge is -2.01. The van der Waals surface area contributed by atoms with Gasteiger partial charge in [-0.2, -0.15) is 0 Å². The predicted molar refractivity (Wildman–Crippen MR) is 72.3 cm³/mol. The van der Waals surface area contributed by atoms with E-state index < -0.39 is 0 Å². The summed E-state index contributed by atoms with van der Waals surface area (Å²) in [6.07, 6.45) is 3.03. The van der Waals surface area contributed by atoms with E-state index in [0.717, 1.165) is 22.6 Å². The summed E-state index contributed by atoms with van der Waals surface area (Å²) in [6.45, 7) is 3.90. The molecule has 0 aromatic carbocycles. The van der Waals surface area contributed by atoms with Crippen LogP contribution in [0.2, 0.25) is 0 Å². The summed E-state index contributed by atoms with van der Waals surface area (Å²) >= 11 is 0. The molecule has 0 bridgehead atoms. The number of imidazole rings is 1. The maximum absolute atomic E-state index is 12.9. The highest BCUT2D eigenvalue weighted by molar-refractivity contribution is 5.66. The Morgan fingerprint density at radius 1 is 1.26 bits per heavy atom. The van der Waals surface area contributed by atoms with Crippen LogP contribution in [0, 0.1) is 19.7 Å². The maximum Gasteiger partial charge on any atom is 0.141 e. The predicted octanol–water partition coefficient (Wildman–Crippen LogP) is 2.73. The number of nitrogen functional groups attached to an aromatic ring is 1. The highest BCUT2D eigenvalue weighted by atomic mass is 19.1. The minimum Gasteiger partial charge on any atom is -0.398 e. The fourth-order valence-electron chi connectivity index (χ4n) is 2.21. The Hall–Kier alpha value is -2.43. The summed E-state index contributed by atoms with van der Waals surface area (Å²) in [5.41, 5.74) is 10.7. The molecule has 19 heavy (non-hydrogen) atoms. The third kappa shape index (κ3) is 1.83. The highest BCUT2D eigenvalue weighted by Crippen LogP contribution is 2.24. The van der Waals surface area contributed by atoms with E-state index in [4.69, 9.17) is 5.73 Å².